The zero-order valence-electron chi connectivity index (χ0n) is 12.8. The fourth-order valence-electron chi connectivity index (χ4n) is 2.37. The van der Waals surface area contributed by atoms with Crippen molar-refractivity contribution in [3.8, 4) is 12.3 Å². The highest BCUT2D eigenvalue weighted by Gasteiger charge is 2.28. The number of hydrogen-bond donors (Lipinski definition) is 2. The van der Waals surface area contributed by atoms with Crippen LogP contribution in [0.1, 0.15) is 33.6 Å². The van der Waals surface area contributed by atoms with Crippen molar-refractivity contribution in [1.29, 1.82) is 0 Å². The predicted molar refractivity (Wildman–Crippen MR) is 80.1 cm³/mol. The van der Waals surface area contributed by atoms with Crippen molar-refractivity contribution in [3.63, 3.8) is 0 Å². The van der Waals surface area contributed by atoms with E-state index in [1.165, 1.54) is 0 Å². The van der Waals surface area contributed by atoms with Gasteiger partial charge in [-0.15, -0.1) is 6.42 Å². The van der Waals surface area contributed by atoms with E-state index in [0.717, 1.165) is 19.4 Å². The summed E-state index contributed by atoms with van der Waals surface area (Å²) in [5.74, 6) is 2.68. The second kappa shape index (κ2) is 7.63. The standard InChI is InChI=1S/C15H27N3O2/c1-5-15(6-2,7-3)17-14(19)11-18-8-9-20-13(10-18)12(4)16/h1,12-13H,6-11,16H2,2-4H3,(H,17,19). The van der Waals surface area contributed by atoms with Gasteiger partial charge in [0.05, 0.1) is 19.3 Å². The number of carbonyl (C=O) groups is 1. The van der Waals surface area contributed by atoms with E-state index in [2.05, 4.69) is 16.1 Å². The van der Waals surface area contributed by atoms with Crippen LogP contribution in [0.2, 0.25) is 0 Å². The Kier molecular flexibility index (Phi) is 6.47. The Morgan fingerprint density at radius 2 is 2.25 bits per heavy atom. The van der Waals surface area contributed by atoms with Crippen LogP contribution in [0, 0.1) is 12.3 Å². The van der Waals surface area contributed by atoms with Crippen molar-refractivity contribution in [1.82, 2.24) is 10.2 Å². The second-order valence-electron chi connectivity index (χ2n) is 5.49. The first-order valence-electron chi connectivity index (χ1n) is 7.34. The molecule has 114 valence electrons. The van der Waals surface area contributed by atoms with E-state index in [4.69, 9.17) is 16.9 Å². The Bertz CT molecular complexity index is 359. The summed E-state index contributed by atoms with van der Waals surface area (Å²) < 4.78 is 5.58. The predicted octanol–water partition coefficient (Wildman–Crippen LogP) is 0.343. The fraction of sp³-hybridized carbons (Fsp3) is 0.800. The van der Waals surface area contributed by atoms with Crippen LogP contribution in [-0.2, 0) is 9.53 Å². The topological polar surface area (TPSA) is 67.6 Å². The van der Waals surface area contributed by atoms with E-state index < -0.39 is 5.54 Å². The molecule has 3 N–H and O–H groups in total. The van der Waals surface area contributed by atoms with Gasteiger partial charge >= 0.3 is 0 Å². The van der Waals surface area contributed by atoms with Crippen LogP contribution in [0.5, 0.6) is 0 Å². The monoisotopic (exact) mass is 281 g/mol. The zero-order chi connectivity index (χ0) is 15.2. The van der Waals surface area contributed by atoms with Gasteiger partial charge in [-0.05, 0) is 19.8 Å². The number of hydrogen-bond acceptors (Lipinski definition) is 4. The number of nitrogens with two attached hydrogens (primary N) is 1. The molecule has 0 bridgehead atoms. The van der Waals surface area contributed by atoms with Gasteiger partial charge in [-0.2, -0.15) is 0 Å². The third kappa shape index (κ3) is 4.48. The first-order valence-corrected chi connectivity index (χ1v) is 7.34. The Labute approximate surface area is 122 Å². The van der Waals surface area contributed by atoms with Crippen LogP contribution in [-0.4, -0.2) is 54.7 Å². The van der Waals surface area contributed by atoms with Crippen LogP contribution < -0.4 is 11.1 Å². The van der Waals surface area contributed by atoms with Gasteiger partial charge in [0, 0.05) is 19.1 Å². The van der Waals surface area contributed by atoms with Crippen molar-refractivity contribution in [2.75, 3.05) is 26.2 Å². The minimum Gasteiger partial charge on any atom is -0.374 e. The molecule has 20 heavy (non-hydrogen) atoms. The number of terminal acetylenes is 1. The molecule has 0 aromatic heterocycles. The molecule has 1 fully saturated rings. The summed E-state index contributed by atoms with van der Waals surface area (Å²) >= 11 is 0. The summed E-state index contributed by atoms with van der Waals surface area (Å²) in [5.41, 5.74) is 5.32. The molecular formula is C15H27N3O2. The number of amides is 1. The smallest absolute Gasteiger partial charge is 0.235 e. The molecule has 5 nitrogen and oxygen atoms in total. The lowest BCUT2D eigenvalue weighted by Gasteiger charge is -2.35. The quantitative estimate of drug-likeness (QED) is 0.689. The van der Waals surface area contributed by atoms with Crippen molar-refractivity contribution >= 4 is 5.91 Å². The number of morpholine rings is 1. The number of nitrogens with zero attached hydrogens (tertiary/aromatic N) is 1. The molecule has 0 spiro atoms. The van der Waals surface area contributed by atoms with Gasteiger partial charge in [0.15, 0.2) is 0 Å². The molecule has 5 heteroatoms. The molecule has 2 unspecified atom stereocenters. The van der Waals surface area contributed by atoms with Gasteiger partial charge in [-0.25, -0.2) is 0 Å². The minimum atomic E-state index is -0.524. The van der Waals surface area contributed by atoms with Gasteiger partial charge in [0.25, 0.3) is 0 Å². The summed E-state index contributed by atoms with van der Waals surface area (Å²) in [6.45, 7) is 8.29. The third-order valence-corrected chi connectivity index (χ3v) is 3.99. The summed E-state index contributed by atoms with van der Waals surface area (Å²) in [7, 11) is 0. The van der Waals surface area contributed by atoms with Crippen LogP contribution >= 0.6 is 0 Å². The highest BCUT2D eigenvalue weighted by atomic mass is 16.5. The minimum absolute atomic E-state index is 0.00806. The summed E-state index contributed by atoms with van der Waals surface area (Å²) in [4.78, 5) is 14.2. The maximum absolute atomic E-state index is 12.2. The van der Waals surface area contributed by atoms with E-state index in [0.29, 0.717) is 19.7 Å². The number of ether oxygens (including phenoxy) is 1. The van der Waals surface area contributed by atoms with E-state index in [9.17, 15) is 4.79 Å². The van der Waals surface area contributed by atoms with Crippen LogP contribution in [0.4, 0.5) is 0 Å². The first-order chi connectivity index (χ1) is 9.46. The molecule has 2 atom stereocenters. The molecule has 0 saturated carbocycles. The Morgan fingerprint density at radius 3 is 2.75 bits per heavy atom. The maximum Gasteiger partial charge on any atom is 0.235 e. The van der Waals surface area contributed by atoms with Crippen LogP contribution in [0.25, 0.3) is 0 Å². The maximum atomic E-state index is 12.2. The van der Waals surface area contributed by atoms with Crippen LogP contribution in [0.15, 0.2) is 0 Å². The van der Waals surface area contributed by atoms with E-state index >= 15 is 0 Å². The molecule has 1 heterocycles. The lowest BCUT2D eigenvalue weighted by molar-refractivity contribution is -0.126. The fourth-order valence-corrected chi connectivity index (χ4v) is 2.37. The van der Waals surface area contributed by atoms with Gasteiger partial charge < -0.3 is 15.8 Å². The average molecular weight is 281 g/mol. The average Bonchev–Trinajstić information content (AvgIpc) is 2.45. The molecule has 0 aromatic carbocycles. The molecule has 0 aromatic rings. The third-order valence-electron chi connectivity index (χ3n) is 3.99. The number of rotatable bonds is 6. The summed E-state index contributed by atoms with van der Waals surface area (Å²) in [6, 6.07) is -0.0306. The van der Waals surface area contributed by atoms with E-state index in [1.54, 1.807) is 0 Å². The second-order valence-corrected chi connectivity index (χ2v) is 5.49. The lowest BCUT2D eigenvalue weighted by atomic mass is 9.94. The zero-order valence-corrected chi connectivity index (χ0v) is 12.8. The van der Waals surface area contributed by atoms with Crippen molar-refractivity contribution in [2.45, 2.75) is 51.3 Å². The normalized spacial score (nSPS) is 22.1. The van der Waals surface area contributed by atoms with Crippen molar-refractivity contribution < 1.29 is 9.53 Å². The molecule has 1 aliphatic heterocycles. The van der Waals surface area contributed by atoms with Crippen molar-refractivity contribution in [2.24, 2.45) is 5.73 Å². The van der Waals surface area contributed by atoms with Gasteiger partial charge in [-0.1, -0.05) is 19.8 Å². The molecule has 0 aliphatic carbocycles. The van der Waals surface area contributed by atoms with Crippen molar-refractivity contribution in [3.05, 3.63) is 0 Å². The van der Waals surface area contributed by atoms with E-state index in [-0.39, 0.29) is 18.1 Å². The Balaban J connectivity index is 2.52. The Morgan fingerprint density at radius 1 is 1.60 bits per heavy atom. The molecule has 1 aliphatic rings. The molecule has 0 radical (unpaired) electrons. The largest absolute Gasteiger partial charge is 0.374 e. The van der Waals surface area contributed by atoms with Gasteiger partial charge in [-0.3, -0.25) is 9.69 Å². The SMILES string of the molecule is C#CC(CC)(CC)NC(=O)CN1CCOC(C(C)N)C1. The summed E-state index contributed by atoms with van der Waals surface area (Å²) in [6.07, 6.45) is 7.02. The first kappa shape index (κ1) is 17.0. The number of carbonyl (C=O) groups excluding carboxylic acids is 1. The molecule has 1 rings (SSSR count). The molecular weight excluding hydrogens is 254 g/mol. The summed E-state index contributed by atoms with van der Waals surface area (Å²) in [5, 5.41) is 2.98. The number of nitrogens with one attached hydrogen (secondary N) is 1. The highest BCUT2D eigenvalue weighted by molar-refractivity contribution is 5.79. The van der Waals surface area contributed by atoms with Crippen LogP contribution in [0.3, 0.4) is 0 Å². The highest BCUT2D eigenvalue weighted by Crippen LogP contribution is 2.14. The Hall–Kier alpha value is -1.09. The van der Waals surface area contributed by atoms with Gasteiger partial charge in [0.1, 0.15) is 5.54 Å². The molecule has 1 amide bonds. The molecule has 1 saturated heterocycles. The lowest BCUT2D eigenvalue weighted by Crippen LogP contribution is -2.54. The van der Waals surface area contributed by atoms with Gasteiger partial charge in [0.2, 0.25) is 5.91 Å². The van der Waals surface area contributed by atoms with E-state index in [1.807, 2.05) is 20.8 Å².